The lowest BCUT2D eigenvalue weighted by molar-refractivity contribution is -0.143. The van der Waals surface area contributed by atoms with Crippen molar-refractivity contribution >= 4 is 17.6 Å². The van der Waals surface area contributed by atoms with E-state index in [1.54, 1.807) is 6.07 Å². The van der Waals surface area contributed by atoms with Crippen molar-refractivity contribution in [3.63, 3.8) is 0 Å². The van der Waals surface area contributed by atoms with Crippen LogP contribution in [0.1, 0.15) is 18.9 Å². The van der Waals surface area contributed by atoms with Crippen molar-refractivity contribution in [2.24, 2.45) is 5.92 Å². The Labute approximate surface area is 128 Å². The van der Waals surface area contributed by atoms with Crippen LogP contribution in [0.15, 0.2) is 18.2 Å². The molecule has 0 bridgehead atoms. The standard InChI is InChI=1S/C15H19ClFNO3/c1-2-5-18(14-9-21-8-12(14)15(19)20)7-10-6-11(16)3-4-13(10)17/h3-4,6,12,14H,2,5,7-9H2,1H3,(H,19,20). The van der Waals surface area contributed by atoms with E-state index in [4.69, 9.17) is 16.3 Å². The normalized spacial score (nSPS) is 21.9. The lowest BCUT2D eigenvalue weighted by Crippen LogP contribution is -2.43. The molecule has 4 nitrogen and oxygen atoms in total. The van der Waals surface area contributed by atoms with Gasteiger partial charge in [0.1, 0.15) is 5.82 Å². The Morgan fingerprint density at radius 2 is 2.29 bits per heavy atom. The molecule has 0 spiro atoms. The maximum Gasteiger partial charge on any atom is 0.310 e. The molecular weight excluding hydrogens is 297 g/mol. The summed E-state index contributed by atoms with van der Waals surface area (Å²) in [5, 5.41) is 9.74. The molecule has 1 aliphatic rings. The van der Waals surface area contributed by atoms with E-state index < -0.39 is 11.9 Å². The number of carboxylic acids is 1. The Balaban J connectivity index is 2.18. The Bertz CT molecular complexity index is 512. The third-order valence-corrected chi connectivity index (χ3v) is 3.96. The first-order valence-corrected chi connectivity index (χ1v) is 7.39. The van der Waals surface area contributed by atoms with Crippen molar-refractivity contribution in [3.8, 4) is 0 Å². The first-order chi connectivity index (χ1) is 10.0. The quantitative estimate of drug-likeness (QED) is 0.877. The summed E-state index contributed by atoms with van der Waals surface area (Å²) in [6.45, 7) is 3.59. The van der Waals surface area contributed by atoms with Crippen molar-refractivity contribution in [1.82, 2.24) is 4.90 Å². The lowest BCUT2D eigenvalue weighted by Gasteiger charge is -2.30. The summed E-state index contributed by atoms with van der Waals surface area (Å²) >= 11 is 5.91. The lowest BCUT2D eigenvalue weighted by atomic mass is 10.0. The number of ether oxygens (including phenoxy) is 1. The second-order valence-corrected chi connectivity index (χ2v) is 5.69. The zero-order chi connectivity index (χ0) is 15.4. The smallest absolute Gasteiger partial charge is 0.310 e. The molecule has 1 aromatic carbocycles. The van der Waals surface area contributed by atoms with Crippen LogP contribution in [-0.2, 0) is 16.1 Å². The molecule has 116 valence electrons. The molecule has 0 saturated carbocycles. The first-order valence-electron chi connectivity index (χ1n) is 7.01. The van der Waals surface area contributed by atoms with Crippen molar-refractivity contribution < 1.29 is 19.0 Å². The minimum absolute atomic E-state index is 0.207. The van der Waals surface area contributed by atoms with Crippen LogP contribution in [-0.4, -0.2) is 41.8 Å². The number of hydrogen-bond donors (Lipinski definition) is 1. The number of nitrogens with zero attached hydrogens (tertiary/aromatic N) is 1. The van der Waals surface area contributed by atoms with Crippen LogP contribution in [0.4, 0.5) is 4.39 Å². The highest BCUT2D eigenvalue weighted by Crippen LogP contribution is 2.24. The summed E-state index contributed by atoms with van der Waals surface area (Å²) < 4.78 is 19.2. The number of rotatable bonds is 6. The van der Waals surface area contributed by atoms with E-state index in [1.165, 1.54) is 12.1 Å². The second-order valence-electron chi connectivity index (χ2n) is 5.26. The van der Waals surface area contributed by atoms with Gasteiger partial charge in [-0.25, -0.2) is 4.39 Å². The van der Waals surface area contributed by atoms with Gasteiger partial charge in [-0.15, -0.1) is 0 Å². The van der Waals surface area contributed by atoms with Crippen LogP contribution < -0.4 is 0 Å². The Morgan fingerprint density at radius 3 is 2.95 bits per heavy atom. The fraction of sp³-hybridized carbons (Fsp3) is 0.533. The number of carboxylic acid groups (broad SMARTS) is 1. The zero-order valence-corrected chi connectivity index (χ0v) is 12.6. The Kier molecular flexibility index (Phi) is 5.56. The van der Waals surface area contributed by atoms with Gasteiger partial charge in [0.25, 0.3) is 0 Å². The van der Waals surface area contributed by atoms with Gasteiger partial charge >= 0.3 is 5.97 Å². The van der Waals surface area contributed by atoms with Crippen molar-refractivity contribution in [2.45, 2.75) is 25.9 Å². The monoisotopic (exact) mass is 315 g/mol. The zero-order valence-electron chi connectivity index (χ0n) is 11.9. The predicted octanol–water partition coefficient (Wildman–Crippen LogP) is 2.79. The maximum atomic E-state index is 13.9. The fourth-order valence-corrected chi connectivity index (χ4v) is 2.87. The molecule has 0 radical (unpaired) electrons. The van der Waals surface area contributed by atoms with Crippen LogP contribution in [0.5, 0.6) is 0 Å². The van der Waals surface area contributed by atoms with Gasteiger partial charge in [-0.1, -0.05) is 18.5 Å². The second kappa shape index (κ2) is 7.20. The van der Waals surface area contributed by atoms with Crippen molar-refractivity contribution in [1.29, 1.82) is 0 Å². The van der Waals surface area contributed by atoms with E-state index in [-0.39, 0.29) is 18.5 Å². The van der Waals surface area contributed by atoms with E-state index in [2.05, 4.69) is 0 Å². The molecule has 2 unspecified atom stereocenters. The van der Waals surface area contributed by atoms with Crippen LogP contribution in [0, 0.1) is 11.7 Å². The largest absolute Gasteiger partial charge is 0.481 e. The highest BCUT2D eigenvalue weighted by Gasteiger charge is 2.37. The topological polar surface area (TPSA) is 49.8 Å². The molecule has 1 aromatic rings. The highest BCUT2D eigenvalue weighted by atomic mass is 35.5. The van der Waals surface area contributed by atoms with E-state index in [0.29, 0.717) is 30.3 Å². The van der Waals surface area contributed by atoms with Gasteiger partial charge in [0.15, 0.2) is 0 Å². The number of carbonyl (C=O) groups is 1. The van der Waals surface area contributed by atoms with E-state index in [9.17, 15) is 14.3 Å². The number of aliphatic carboxylic acids is 1. The van der Waals surface area contributed by atoms with Gasteiger partial charge in [-0.3, -0.25) is 9.69 Å². The fourth-order valence-electron chi connectivity index (χ4n) is 2.67. The minimum Gasteiger partial charge on any atom is -0.481 e. The molecule has 0 aliphatic carbocycles. The Hall–Kier alpha value is -1.17. The van der Waals surface area contributed by atoms with Gasteiger partial charge < -0.3 is 9.84 Å². The molecule has 1 N–H and O–H groups in total. The number of hydrogen-bond acceptors (Lipinski definition) is 3. The van der Waals surface area contributed by atoms with Gasteiger partial charge in [0, 0.05) is 23.2 Å². The SMILES string of the molecule is CCCN(Cc1cc(Cl)ccc1F)C1COCC1C(=O)O. The molecule has 1 heterocycles. The van der Waals surface area contributed by atoms with Crippen LogP contribution in [0.3, 0.4) is 0 Å². The summed E-state index contributed by atoms with van der Waals surface area (Å²) in [6, 6.07) is 4.19. The molecular formula is C15H19ClFNO3. The minimum atomic E-state index is -0.870. The van der Waals surface area contributed by atoms with E-state index >= 15 is 0 Å². The first kappa shape index (κ1) is 16.2. The maximum absolute atomic E-state index is 13.9. The van der Waals surface area contributed by atoms with Gasteiger partial charge in [-0.05, 0) is 31.2 Å². The molecule has 0 amide bonds. The van der Waals surface area contributed by atoms with E-state index in [1.807, 2.05) is 11.8 Å². The van der Waals surface area contributed by atoms with Crippen LogP contribution >= 0.6 is 11.6 Å². The molecule has 2 rings (SSSR count). The van der Waals surface area contributed by atoms with Gasteiger partial charge in [-0.2, -0.15) is 0 Å². The number of benzene rings is 1. The molecule has 1 aliphatic heterocycles. The van der Waals surface area contributed by atoms with Gasteiger partial charge in [0.2, 0.25) is 0 Å². The molecule has 0 aromatic heterocycles. The third kappa shape index (κ3) is 3.93. The molecule has 21 heavy (non-hydrogen) atoms. The molecule has 6 heteroatoms. The average molecular weight is 316 g/mol. The number of halogens is 2. The molecule has 1 saturated heterocycles. The average Bonchev–Trinajstić information content (AvgIpc) is 2.91. The van der Waals surface area contributed by atoms with Crippen molar-refractivity contribution in [2.75, 3.05) is 19.8 Å². The Morgan fingerprint density at radius 1 is 1.52 bits per heavy atom. The van der Waals surface area contributed by atoms with E-state index in [0.717, 1.165) is 6.42 Å². The van der Waals surface area contributed by atoms with Gasteiger partial charge in [0.05, 0.1) is 19.1 Å². The van der Waals surface area contributed by atoms with Crippen molar-refractivity contribution in [3.05, 3.63) is 34.6 Å². The van der Waals surface area contributed by atoms with Crippen LogP contribution in [0.2, 0.25) is 5.02 Å². The molecule has 2 atom stereocenters. The summed E-state index contributed by atoms with van der Waals surface area (Å²) in [6.07, 6.45) is 0.852. The summed E-state index contributed by atoms with van der Waals surface area (Å²) in [5.74, 6) is -1.77. The highest BCUT2D eigenvalue weighted by molar-refractivity contribution is 6.30. The predicted molar refractivity (Wildman–Crippen MR) is 77.8 cm³/mol. The van der Waals surface area contributed by atoms with Crippen LogP contribution in [0.25, 0.3) is 0 Å². The summed E-state index contributed by atoms with van der Waals surface area (Å²) in [7, 11) is 0. The summed E-state index contributed by atoms with van der Waals surface area (Å²) in [5.41, 5.74) is 0.479. The summed E-state index contributed by atoms with van der Waals surface area (Å²) in [4.78, 5) is 13.3. The molecule has 1 fully saturated rings. The third-order valence-electron chi connectivity index (χ3n) is 3.73.